The minimum absolute atomic E-state index is 0.166. The van der Waals surface area contributed by atoms with Crippen LogP contribution in [0.5, 0.6) is 5.75 Å². The van der Waals surface area contributed by atoms with Crippen molar-refractivity contribution in [3.63, 3.8) is 0 Å². The van der Waals surface area contributed by atoms with Crippen LogP contribution in [-0.4, -0.2) is 32.8 Å². The fourth-order valence-corrected chi connectivity index (χ4v) is 3.05. The molecule has 3 N–H and O–H groups in total. The minimum atomic E-state index is -0.188. The van der Waals surface area contributed by atoms with Gasteiger partial charge in [0.1, 0.15) is 5.75 Å². The molecule has 0 spiro atoms. The molecule has 0 radical (unpaired) electrons. The van der Waals surface area contributed by atoms with E-state index in [0.29, 0.717) is 23.1 Å². The van der Waals surface area contributed by atoms with Crippen LogP contribution >= 0.6 is 0 Å². The highest BCUT2D eigenvalue weighted by Crippen LogP contribution is 2.25. The Hall–Kier alpha value is -3.42. The molecule has 2 heterocycles. The van der Waals surface area contributed by atoms with Gasteiger partial charge in [-0.25, -0.2) is 14.6 Å². The lowest BCUT2D eigenvalue weighted by Crippen LogP contribution is -2.16. The standard InChI is InChI=1S/C20H24N6O2/c1-11-8-12(2)23-20(22-11)26-14(4)16(13(3)25-26)10-19(27)24-18-9-15(28-5)6-7-17(18)21/h6-9H,10,21H2,1-5H3,(H,24,27). The minimum Gasteiger partial charge on any atom is -0.497 e. The van der Waals surface area contributed by atoms with Crippen LogP contribution in [0.4, 0.5) is 11.4 Å². The molecule has 0 fully saturated rings. The highest BCUT2D eigenvalue weighted by Gasteiger charge is 2.18. The van der Waals surface area contributed by atoms with E-state index >= 15 is 0 Å². The van der Waals surface area contributed by atoms with Crippen LogP contribution in [0.3, 0.4) is 0 Å². The number of aromatic nitrogens is 4. The summed E-state index contributed by atoms with van der Waals surface area (Å²) in [6.07, 6.45) is 0.166. The normalized spacial score (nSPS) is 10.8. The van der Waals surface area contributed by atoms with Crippen LogP contribution in [0.15, 0.2) is 24.3 Å². The van der Waals surface area contributed by atoms with Gasteiger partial charge in [0.25, 0.3) is 5.95 Å². The van der Waals surface area contributed by atoms with Gasteiger partial charge in [-0.05, 0) is 45.9 Å². The summed E-state index contributed by atoms with van der Waals surface area (Å²) in [5.74, 6) is 0.936. The summed E-state index contributed by atoms with van der Waals surface area (Å²) >= 11 is 0. The molecule has 3 aromatic rings. The largest absolute Gasteiger partial charge is 0.497 e. The predicted octanol–water partition coefficient (Wildman–Crippen LogP) is 2.67. The van der Waals surface area contributed by atoms with E-state index in [1.54, 1.807) is 30.0 Å². The van der Waals surface area contributed by atoms with Gasteiger partial charge in [0.2, 0.25) is 5.91 Å². The van der Waals surface area contributed by atoms with E-state index < -0.39 is 0 Å². The molecule has 3 rings (SSSR count). The Kier molecular flexibility index (Phi) is 5.30. The van der Waals surface area contributed by atoms with Crippen LogP contribution in [0, 0.1) is 27.7 Å². The number of methoxy groups -OCH3 is 1. The second-order valence-corrected chi connectivity index (χ2v) is 6.69. The van der Waals surface area contributed by atoms with E-state index in [1.165, 1.54) is 0 Å². The number of aryl methyl sites for hydroxylation is 3. The third kappa shape index (κ3) is 3.95. The fraction of sp³-hybridized carbons (Fsp3) is 0.300. The van der Waals surface area contributed by atoms with E-state index in [9.17, 15) is 4.79 Å². The lowest BCUT2D eigenvalue weighted by atomic mass is 10.1. The third-order valence-corrected chi connectivity index (χ3v) is 4.47. The Labute approximate surface area is 163 Å². The summed E-state index contributed by atoms with van der Waals surface area (Å²) in [5.41, 5.74) is 11.1. The van der Waals surface area contributed by atoms with Gasteiger partial charge in [-0.3, -0.25) is 4.79 Å². The Morgan fingerprint density at radius 3 is 2.46 bits per heavy atom. The lowest BCUT2D eigenvalue weighted by molar-refractivity contribution is -0.115. The lowest BCUT2D eigenvalue weighted by Gasteiger charge is -2.10. The monoisotopic (exact) mass is 380 g/mol. The number of hydrogen-bond donors (Lipinski definition) is 2. The van der Waals surface area contributed by atoms with E-state index in [0.717, 1.165) is 28.3 Å². The summed E-state index contributed by atoms with van der Waals surface area (Å²) < 4.78 is 6.86. The van der Waals surface area contributed by atoms with E-state index in [-0.39, 0.29) is 12.3 Å². The maximum atomic E-state index is 12.6. The molecule has 0 atom stereocenters. The van der Waals surface area contributed by atoms with Crippen LogP contribution in [-0.2, 0) is 11.2 Å². The van der Waals surface area contributed by atoms with Gasteiger partial charge in [-0.1, -0.05) is 0 Å². The van der Waals surface area contributed by atoms with E-state index in [4.69, 9.17) is 10.5 Å². The van der Waals surface area contributed by atoms with Crippen LogP contribution < -0.4 is 15.8 Å². The molecule has 146 valence electrons. The molecule has 0 aliphatic rings. The van der Waals surface area contributed by atoms with Gasteiger partial charge < -0.3 is 15.8 Å². The van der Waals surface area contributed by atoms with Crippen molar-refractivity contribution in [2.24, 2.45) is 0 Å². The van der Waals surface area contributed by atoms with Gasteiger partial charge in [0, 0.05) is 28.7 Å². The first kappa shape index (κ1) is 19.3. The first-order chi connectivity index (χ1) is 13.3. The van der Waals surface area contributed by atoms with Crippen molar-refractivity contribution in [2.45, 2.75) is 34.1 Å². The van der Waals surface area contributed by atoms with Crippen LogP contribution in [0.2, 0.25) is 0 Å². The number of nitrogens with zero attached hydrogens (tertiary/aromatic N) is 4. The predicted molar refractivity (Wildman–Crippen MR) is 108 cm³/mol. The summed E-state index contributed by atoms with van der Waals surface area (Å²) in [7, 11) is 1.56. The number of nitrogen functional groups attached to an aromatic ring is 1. The number of ether oxygens (including phenoxy) is 1. The van der Waals surface area contributed by atoms with Gasteiger partial charge in [-0.15, -0.1) is 0 Å². The summed E-state index contributed by atoms with van der Waals surface area (Å²) in [4.78, 5) is 21.5. The molecule has 28 heavy (non-hydrogen) atoms. The molecule has 0 aliphatic carbocycles. The Morgan fingerprint density at radius 1 is 1.14 bits per heavy atom. The van der Waals surface area contributed by atoms with Gasteiger partial charge in [0.05, 0.1) is 30.6 Å². The molecule has 8 heteroatoms. The second-order valence-electron chi connectivity index (χ2n) is 6.69. The maximum Gasteiger partial charge on any atom is 0.251 e. The number of benzene rings is 1. The first-order valence-electron chi connectivity index (χ1n) is 8.89. The van der Waals surface area contributed by atoms with Crippen molar-refractivity contribution in [3.8, 4) is 11.7 Å². The summed E-state index contributed by atoms with van der Waals surface area (Å²) in [6.45, 7) is 7.60. The Morgan fingerprint density at radius 2 is 1.82 bits per heavy atom. The molecule has 0 aliphatic heterocycles. The molecule has 0 saturated heterocycles. The number of carbonyl (C=O) groups is 1. The van der Waals surface area contributed by atoms with E-state index in [2.05, 4.69) is 20.4 Å². The SMILES string of the molecule is COc1ccc(N)c(NC(=O)Cc2c(C)nn(-c3nc(C)cc(C)n3)c2C)c1. The quantitative estimate of drug-likeness (QED) is 0.659. The first-order valence-corrected chi connectivity index (χ1v) is 8.89. The Bertz CT molecular complexity index is 1020. The van der Waals surface area contributed by atoms with Crippen LogP contribution in [0.25, 0.3) is 5.95 Å². The van der Waals surface area contributed by atoms with Crippen molar-refractivity contribution in [1.29, 1.82) is 0 Å². The average molecular weight is 380 g/mol. The molecule has 1 aromatic carbocycles. The zero-order chi connectivity index (χ0) is 20.4. The Balaban J connectivity index is 1.85. The highest BCUT2D eigenvalue weighted by molar-refractivity contribution is 5.95. The molecule has 0 unspecified atom stereocenters. The van der Waals surface area contributed by atoms with Gasteiger partial charge in [0.15, 0.2) is 0 Å². The third-order valence-electron chi connectivity index (χ3n) is 4.47. The van der Waals surface area contributed by atoms with Crippen molar-refractivity contribution >= 4 is 17.3 Å². The van der Waals surface area contributed by atoms with Crippen molar-refractivity contribution < 1.29 is 9.53 Å². The molecule has 8 nitrogen and oxygen atoms in total. The number of hydrogen-bond acceptors (Lipinski definition) is 6. The fourth-order valence-electron chi connectivity index (χ4n) is 3.05. The number of nitrogens with one attached hydrogen (secondary N) is 1. The van der Waals surface area contributed by atoms with Gasteiger partial charge in [-0.2, -0.15) is 5.10 Å². The number of rotatable bonds is 5. The maximum absolute atomic E-state index is 12.6. The molecule has 0 bridgehead atoms. The molecule has 1 amide bonds. The van der Waals surface area contributed by atoms with Gasteiger partial charge >= 0.3 is 0 Å². The molecular formula is C20H24N6O2. The number of nitrogens with two attached hydrogens (primary N) is 1. The van der Waals surface area contributed by atoms with Crippen LogP contribution in [0.1, 0.15) is 28.3 Å². The number of carbonyl (C=O) groups excluding carboxylic acids is 1. The number of amides is 1. The molecule has 2 aromatic heterocycles. The molecular weight excluding hydrogens is 356 g/mol. The molecule has 0 saturated carbocycles. The summed E-state index contributed by atoms with van der Waals surface area (Å²) in [6, 6.07) is 7.04. The van der Waals surface area contributed by atoms with Crippen molar-refractivity contribution in [3.05, 3.63) is 52.6 Å². The summed E-state index contributed by atoms with van der Waals surface area (Å²) in [5, 5.41) is 7.38. The zero-order valence-corrected chi connectivity index (χ0v) is 16.7. The smallest absolute Gasteiger partial charge is 0.251 e. The highest BCUT2D eigenvalue weighted by atomic mass is 16.5. The zero-order valence-electron chi connectivity index (χ0n) is 16.7. The number of anilines is 2. The topological polar surface area (TPSA) is 108 Å². The van der Waals surface area contributed by atoms with Crippen molar-refractivity contribution in [1.82, 2.24) is 19.7 Å². The second kappa shape index (κ2) is 7.67. The average Bonchev–Trinajstić information content (AvgIpc) is 2.91. The van der Waals surface area contributed by atoms with Crippen molar-refractivity contribution in [2.75, 3.05) is 18.2 Å². The van der Waals surface area contributed by atoms with E-state index in [1.807, 2.05) is 33.8 Å².